The van der Waals surface area contributed by atoms with Crippen LogP contribution in [0.1, 0.15) is 11.3 Å². The summed E-state index contributed by atoms with van der Waals surface area (Å²) in [7, 11) is -3.65. The van der Waals surface area contributed by atoms with E-state index in [9.17, 15) is 13.2 Å². The highest BCUT2D eigenvalue weighted by Gasteiger charge is 2.13. The summed E-state index contributed by atoms with van der Waals surface area (Å²) in [5.74, 6) is 0.265. The molecule has 8 heteroatoms. The molecule has 0 aliphatic heterocycles. The Morgan fingerprint density at radius 1 is 1.07 bits per heavy atom. The molecule has 0 atom stereocenters. The number of sulfonamides is 1. The van der Waals surface area contributed by atoms with Gasteiger partial charge < -0.3 is 9.73 Å². The number of benzene rings is 2. The number of anilines is 1. The SMILES string of the molecule is CSc1ccc(NC(=O)/C=C/c2ccc(S(=O)(=O)NCc3ccco3)cc2)cc1. The van der Waals surface area contributed by atoms with E-state index in [1.54, 1.807) is 42.1 Å². The second kappa shape index (κ2) is 9.60. The van der Waals surface area contributed by atoms with Crippen LogP contribution in [0.2, 0.25) is 0 Å². The third-order valence-corrected chi connectivity index (χ3v) is 6.15. The number of carbonyl (C=O) groups excluding carboxylic acids is 1. The number of carbonyl (C=O) groups is 1. The van der Waals surface area contributed by atoms with Gasteiger partial charge >= 0.3 is 0 Å². The van der Waals surface area contributed by atoms with Gasteiger partial charge in [0.05, 0.1) is 17.7 Å². The molecule has 1 heterocycles. The molecule has 0 fully saturated rings. The predicted octanol–water partition coefficient (Wildman–Crippen LogP) is 4.13. The molecule has 3 rings (SSSR count). The zero-order chi connectivity index (χ0) is 20.7. The lowest BCUT2D eigenvalue weighted by atomic mass is 10.2. The van der Waals surface area contributed by atoms with E-state index in [1.807, 2.05) is 30.5 Å². The minimum Gasteiger partial charge on any atom is -0.468 e. The monoisotopic (exact) mass is 428 g/mol. The van der Waals surface area contributed by atoms with Gasteiger partial charge in [0.15, 0.2) is 0 Å². The van der Waals surface area contributed by atoms with Gasteiger partial charge in [-0.1, -0.05) is 12.1 Å². The first-order valence-electron chi connectivity index (χ1n) is 8.71. The fourth-order valence-corrected chi connectivity index (χ4v) is 3.85. The quantitative estimate of drug-likeness (QED) is 0.416. The first kappa shape index (κ1) is 20.9. The summed E-state index contributed by atoms with van der Waals surface area (Å²) in [6.07, 6.45) is 6.50. The summed E-state index contributed by atoms with van der Waals surface area (Å²) in [4.78, 5) is 13.3. The van der Waals surface area contributed by atoms with Crippen LogP contribution in [0.15, 0.2) is 87.2 Å². The van der Waals surface area contributed by atoms with Crippen LogP contribution < -0.4 is 10.0 Å². The van der Waals surface area contributed by atoms with E-state index in [2.05, 4.69) is 10.0 Å². The summed E-state index contributed by atoms with van der Waals surface area (Å²) in [5.41, 5.74) is 1.42. The molecule has 0 saturated heterocycles. The molecule has 3 aromatic rings. The third kappa shape index (κ3) is 6.08. The minimum absolute atomic E-state index is 0.0785. The topological polar surface area (TPSA) is 88.4 Å². The average Bonchev–Trinajstić information content (AvgIpc) is 3.25. The van der Waals surface area contributed by atoms with Crippen LogP contribution in [0, 0.1) is 0 Å². The molecular formula is C21H20N2O4S2. The van der Waals surface area contributed by atoms with Crippen molar-refractivity contribution < 1.29 is 17.6 Å². The van der Waals surface area contributed by atoms with Crippen LogP contribution in [0.4, 0.5) is 5.69 Å². The molecule has 0 unspecified atom stereocenters. The highest BCUT2D eigenvalue weighted by Crippen LogP contribution is 2.17. The molecule has 150 valence electrons. The Morgan fingerprint density at radius 3 is 2.41 bits per heavy atom. The second-order valence-electron chi connectivity index (χ2n) is 6.02. The van der Waals surface area contributed by atoms with Crippen molar-refractivity contribution >= 4 is 39.5 Å². The number of hydrogen-bond donors (Lipinski definition) is 2. The van der Waals surface area contributed by atoms with Gasteiger partial charge in [-0.05, 0) is 66.4 Å². The van der Waals surface area contributed by atoms with Gasteiger partial charge in [-0.15, -0.1) is 11.8 Å². The highest BCUT2D eigenvalue weighted by atomic mass is 32.2. The molecular weight excluding hydrogens is 408 g/mol. The minimum atomic E-state index is -3.65. The molecule has 0 aliphatic carbocycles. The largest absolute Gasteiger partial charge is 0.468 e. The van der Waals surface area contributed by atoms with Crippen LogP contribution in [0.25, 0.3) is 6.08 Å². The standard InChI is InChI=1S/C21H20N2O4S2/c1-28-19-9-7-17(8-10-19)23-21(24)13-6-16-4-11-20(12-5-16)29(25,26)22-15-18-3-2-14-27-18/h2-14,22H,15H2,1H3,(H,23,24)/b13-6+. The van der Waals surface area contributed by atoms with E-state index >= 15 is 0 Å². The first-order valence-corrected chi connectivity index (χ1v) is 11.4. The maximum absolute atomic E-state index is 12.3. The Hall–Kier alpha value is -2.81. The van der Waals surface area contributed by atoms with Gasteiger partial charge in [0.25, 0.3) is 0 Å². The molecule has 0 bridgehead atoms. The van der Waals surface area contributed by atoms with E-state index < -0.39 is 10.0 Å². The van der Waals surface area contributed by atoms with Gasteiger partial charge in [0.2, 0.25) is 15.9 Å². The van der Waals surface area contributed by atoms with Crippen molar-refractivity contribution in [2.75, 3.05) is 11.6 Å². The van der Waals surface area contributed by atoms with Crippen molar-refractivity contribution in [2.45, 2.75) is 16.3 Å². The number of amides is 1. The molecule has 0 saturated carbocycles. The molecule has 29 heavy (non-hydrogen) atoms. The van der Waals surface area contributed by atoms with Gasteiger partial charge in [-0.2, -0.15) is 0 Å². The second-order valence-corrected chi connectivity index (χ2v) is 8.67. The molecule has 1 amide bonds. The fourth-order valence-electron chi connectivity index (χ4n) is 2.45. The lowest BCUT2D eigenvalue weighted by Crippen LogP contribution is -2.22. The molecule has 6 nitrogen and oxygen atoms in total. The summed E-state index contributed by atoms with van der Waals surface area (Å²) in [6.45, 7) is 0.0785. The summed E-state index contributed by atoms with van der Waals surface area (Å²) in [5, 5.41) is 2.78. The maximum atomic E-state index is 12.3. The van der Waals surface area contributed by atoms with Crippen LogP contribution in [0.3, 0.4) is 0 Å². The van der Waals surface area contributed by atoms with Crippen molar-refractivity contribution in [3.05, 3.63) is 84.3 Å². The van der Waals surface area contributed by atoms with Crippen molar-refractivity contribution in [3.63, 3.8) is 0 Å². The van der Waals surface area contributed by atoms with Crippen molar-refractivity contribution in [1.29, 1.82) is 0 Å². The third-order valence-electron chi connectivity index (χ3n) is 3.99. The van der Waals surface area contributed by atoms with Gasteiger partial charge in [0.1, 0.15) is 5.76 Å². The van der Waals surface area contributed by atoms with Crippen molar-refractivity contribution in [2.24, 2.45) is 0 Å². The Morgan fingerprint density at radius 2 is 1.79 bits per heavy atom. The van der Waals surface area contributed by atoms with Crippen LogP contribution in [-0.4, -0.2) is 20.6 Å². The Labute approximate surface area is 174 Å². The van der Waals surface area contributed by atoms with Gasteiger partial charge in [-0.3, -0.25) is 4.79 Å². The molecule has 1 aromatic heterocycles. The number of rotatable bonds is 8. The number of hydrogen-bond acceptors (Lipinski definition) is 5. The average molecular weight is 429 g/mol. The summed E-state index contributed by atoms with van der Waals surface area (Å²) >= 11 is 1.63. The molecule has 0 spiro atoms. The molecule has 2 aromatic carbocycles. The van der Waals surface area contributed by atoms with E-state index in [0.717, 1.165) is 4.90 Å². The normalized spacial score (nSPS) is 11.6. The molecule has 0 aliphatic rings. The lowest BCUT2D eigenvalue weighted by molar-refractivity contribution is -0.111. The van der Waals surface area contributed by atoms with Crippen LogP contribution in [0.5, 0.6) is 0 Å². The zero-order valence-electron chi connectivity index (χ0n) is 15.7. The first-order chi connectivity index (χ1) is 14.0. The number of nitrogens with one attached hydrogen (secondary N) is 2. The van der Waals surface area contributed by atoms with E-state index in [0.29, 0.717) is 17.0 Å². The summed E-state index contributed by atoms with van der Waals surface area (Å²) < 4.78 is 32.2. The molecule has 0 radical (unpaired) electrons. The van der Waals surface area contributed by atoms with Crippen molar-refractivity contribution in [1.82, 2.24) is 4.72 Å². The fraction of sp³-hybridized carbons (Fsp3) is 0.0952. The number of thioether (sulfide) groups is 1. The number of furan rings is 1. The lowest BCUT2D eigenvalue weighted by Gasteiger charge is -2.06. The Kier molecular flexibility index (Phi) is 6.92. The molecule has 2 N–H and O–H groups in total. The van der Waals surface area contributed by atoms with Gasteiger partial charge in [-0.25, -0.2) is 13.1 Å². The van der Waals surface area contributed by atoms with E-state index in [1.165, 1.54) is 24.5 Å². The predicted molar refractivity (Wildman–Crippen MR) is 115 cm³/mol. The van der Waals surface area contributed by atoms with E-state index in [-0.39, 0.29) is 17.3 Å². The Bertz CT molecular complexity index is 1070. The van der Waals surface area contributed by atoms with Gasteiger partial charge in [0, 0.05) is 16.7 Å². The zero-order valence-corrected chi connectivity index (χ0v) is 17.3. The van der Waals surface area contributed by atoms with Crippen LogP contribution in [-0.2, 0) is 21.4 Å². The van der Waals surface area contributed by atoms with E-state index in [4.69, 9.17) is 4.42 Å². The van der Waals surface area contributed by atoms with Crippen molar-refractivity contribution in [3.8, 4) is 0 Å². The van der Waals surface area contributed by atoms with Crippen LogP contribution >= 0.6 is 11.8 Å². The smallest absolute Gasteiger partial charge is 0.248 e. The Balaban J connectivity index is 1.58. The summed E-state index contributed by atoms with van der Waals surface area (Å²) in [6, 6.07) is 17.2. The highest BCUT2D eigenvalue weighted by molar-refractivity contribution is 7.98. The maximum Gasteiger partial charge on any atom is 0.248 e.